The van der Waals surface area contributed by atoms with Gasteiger partial charge in [0.1, 0.15) is 41.3 Å². The normalized spacial score (nSPS) is 20.3. The number of ether oxygens (including phenoxy) is 3. The van der Waals surface area contributed by atoms with Gasteiger partial charge in [-0.15, -0.1) is 0 Å². The zero-order valence-electron chi connectivity index (χ0n) is 32.7. The van der Waals surface area contributed by atoms with E-state index in [4.69, 9.17) is 29.0 Å². The number of phosphoric ester groups is 1. The number of fused-ring (bicyclic) bond motifs is 1. The highest BCUT2D eigenvalue weighted by Crippen LogP contribution is 2.46. The summed E-state index contributed by atoms with van der Waals surface area (Å²) in [5.41, 5.74) is 6.42. The van der Waals surface area contributed by atoms with Gasteiger partial charge < -0.3 is 29.9 Å². The number of nitrogens with two attached hydrogens (primary N) is 1. The number of nitrogen functional groups attached to an aromatic ring is 1. The zero-order chi connectivity index (χ0) is 39.5. The maximum absolute atomic E-state index is 13.8. The third kappa shape index (κ3) is 15.7. The van der Waals surface area contributed by atoms with Crippen molar-refractivity contribution in [3.8, 4) is 0 Å². The molecule has 310 valence electrons. The molecule has 1 aliphatic heterocycles. The zero-order valence-corrected chi connectivity index (χ0v) is 33.6. The molecule has 1 aromatic carbocycles. The van der Waals surface area contributed by atoms with Crippen molar-refractivity contribution in [1.82, 2.24) is 14.6 Å². The summed E-state index contributed by atoms with van der Waals surface area (Å²) in [6.45, 7) is 3.52. The summed E-state index contributed by atoms with van der Waals surface area (Å²) in [5, 5.41) is 15.0. The number of unbranched alkanes of at least 4 members (excludes halogenated alkanes) is 15. The minimum absolute atomic E-state index is 0.0265. The summed E-state index contributed by atoms with van der Waals surface area (Å²) in [7, 11) is -4.65. The van der Waals surface area contributed by atoms with Crippen molar-refractivity contribution in [2.45, 2.75) is 154 Å². The summed E-state index contributed by atoms with van der Waals surface area (Å²) >= 11 is 0. The Bertz CT molecular complexity index is 1580. The number of benzene rings is 1. The molecule has 4 rings (SSSR count). The first-order chi connectivity index (χ1) is 26.5. The molecule has 0 radical (unpaired) electrons. The first-order valence-electron chi connectivity index (χ1n) is 20.2. The molecule has 3 aromatic rings. The van der Waals surface area contributed by atoms with E-state index in [9.17, 15) is 23.3 Å². The van der Waals surface area contributed by atoms with E-state index in [0.717, 1.165) is 37.5 Å². The molecule has 0 aliphatic carbocycles. The molecule has 15 heteroatoms. The topological polar surface area (TPSA) is 160 Å². The van der Waals surface area contributed by atoms with Crippen LogP contribution in [0.1, 0.15) is 134 Å². The first-order valence-corrected chi connectivity index (χ1v) is 21.7. The Hall–Kier alpha value is -2.55. The second-order valence-corrected chi connectivity index (χ2v) is 16.4. The number of rotatable bonds is 29. The van der Waals surface area contributed by atoms with E-state index in [0.29, 0.717) is 17.8 Å². The van der Waals surface area contributed by atoms with Crippen LogP contribution in [0.4, 0.5) is 14.6 Å². The number of aromatic nitrogens is 3. The number of hydrogen-bond acceptors (Lipinski definition) is 10. The van der Waals surface area contributed by atoms with Crippen LogP contribution in [0.2, 0.25) is 0 Å². The highest BCUT2D eigenvalue weighted by atomic mass is 31.2. The van der Waals surface area contributed by atoms with E-state index < -0.39 is 56.6 Å². The molecule has 0 spiro atoms. The second-order valence-electron chi connectivity index (χ2n) is 15.0. The predicted molar refractivity (Wildman–Crippen MR) is 207 cm³/mol. The Labute approximate surface area is 325 Å². The Morgan fingerprint density at radius 2 is 1.53 bits per heavy atom. The van der Waals surface area contributed by atoms with E-state index in [1.807, 2.05) is 0 Å². The molecule has 3 heterocycles. The standard InChI is InChI=1S/C40H63F2N4O8P/c1-3-4-5-6-7-8-9-10-11-12-13-14-15-16-17-18-21-50-27-34(51-26-31-22-32(41)24-33(42)23-31)28-52-55(48,49)53-29-37-36(47)25-40(2,54-37)38-20-19-35-39(43)44-30-45-46(35)38/h19-20,22-24,30,34,36-37,47H,3-18,21,25-29H2,1-2H3,(H,48,49)(H2,43,44,45)/t34-,36+,37-,40-/m1/s1. The molecule has 1 aliphatic rings. The average molecular weight is 797 g/mol. The van der Waals surface area contributed by atoms with Crippen molar-refractivity contribution in [2.75, 3.05) is 32.2 Å². The van der Waals surface area contributed by atoms with Crippen molar-refractivity contribution in [1.29, 1.82) is 0 Å². The van der Waals surface area contributed by atoms with Crippen LogP contribution in [0.3, 0.4) is 0 Å². The van der Waals surface area contributed by atoms with Gasteiger partial charge in [-0.2, -0.15) is 5.10 Å². The van der Waals surface area contributed by atoms with Crippen molar-refractivity contribution in [2.24, 2.45) is 0 Å². The Balaban J connectivity index is 1.14. The molecular formula is C40H63F2N4O8P. The molecule has 5 atom stereocenters. The summed E-state index contributed by atoms with van der Waals surface area (Å²) < 4.78 is 70.4. The van der Waals surface area contributed by atoms with Crippen LogP contribution in [0.5, 0.6) is 0 Å². The highest BCUT2D eigenvalue weighted by Gasteiger charge is 2.46. The molecule has 55 heavy (non-hydrogen) atoms. The van der Waals surface area contributed by atoms with Crippen LogP contribution in [0.15, 0.2) is 36.7 Å². The number of halogens is 2. The van der Waals surface area contributed by atoms with Crippen LogP contribution < -0.4 is 5.73 Å². The van der Waals surface area contributed by atoms with Crippen molar-refractivity contribution in [3.05, 3.63) is 59.6 Å². The molecule has 0 saturated carbocycles. The Morgan fingerprint density at radius 3 is 2.15 bits per heavy atom. The summed E-state index contributed by atoms with van der Waals surface area (Å²) in [6.07, 6.45) is 19.0. The smallest absolute Gasteiger partial charge is 0.390 e. The fourth-order valence-electron chi connectivity index (χ4n) is 7.06. The quantitative estimate of drug-likeness (QED) is 0.0455. The molecule has 0 amide bonds. The van der Waals surface area contributed by atoms with Crippen molar-refractivity contribution < 1.29 is 46.6 Å². The van der Waals surface area contributed by atoms with Crippen LogP contribution in [0, 0.1) is 11.6 Å². The molecule has 12 nitrogen and oxygen atoms in total. The van der Waals surface area contributed by atoms with E-state index in [1.165, 1.54) is 89.8 Å². The predicted octanol–water partition coefficient (Wildman–Crippen LogP) is 8.95. The number of anilines is 1. The van der Waals surface area contributed by atoms with Gasteiger partial charge in [0, 0.05) is 19.1 Å². The maximum Gasteiger partial charge on any atom is 0.472 e. The fourth-order valence-corrected chi connectivity index (χ4v) is 7.82. The molecule has 0 bridgehead atoms. The SMILES string of the molecule is CCCCCCCCCCCCCCCCCCOC[C@H](COP(=O)(O)OC[C@H]1O[C@@](C)(c2ccc3c(N)ncnn23)C[C@@H]1O)OCc1cc(F)cc(F)c1. The molecule has 1 unspecified atom stereocenters. The van der Waals surface area contributed by atoms with Crippen molar-refractivity contribution >= 4 is 19.2 Å². The summed E-state index contributed by atoms with van der Waals surface area (Å²) in [4.78, 5) is 14.5. The molecular weight excluding hydrogens is 733 g/mol. The summed E-state index contributed by atoms with van der Waals surface area (Å²) in [6, 6.07) is 6.59. The van der Waals surface area contributed by atoms with E-state index in [2.05, 4.69) is 17.0 Å². The van der Waals surface area contributed by atoms with Gasteiger partial charge in [0.05, 0.1) is 38.2 Å². The maximum atomic E-state index is 13.8. The molecule has 4 N–H and O–H groups in total. The number of aliphatic hydroxyl groups excluding tert-OH is 1. The fraction of sp³-hybridized carbons (Fsp3) is 0.700. The minimum atomic E-state index is -4.65. The lowest BCUT2D eigenvalue weighted by molar-refractivity contribution is -0.0739. The van der Waals surface area contributed by atoms with Crippen LogP contribution in [0.25, 0.3) is 5.52 Å². The number of hydrogen-bond donors (Lipinski definition) is 3. The third-order valence-corrected chi connectivity index (χ3v) is 11.1. The number of phosphoric acid groups is 1. The third-order valence-electron chi connectivity index (χ3n) is 10.1. The molecule has 1 fully saturated rings. The van der Waals surface area contributed by atoms with Crippen LogP contribution in [-0.4, -0.2) is 69.3 Å². The number of nitrogens with zero attached hydrogens (tertiary/aromatic N) is 3. The minimum Gasteiger partial charge on any atom is -0.390 e. The van der Waals surface area contributed by atoms with Gasteiger partial charge in [-0.25, -0.2) is 22.8 Å². The Morgan fingerprint density at radius 1 is 0.927 bits per heavy atom. The first kappa shape index (κ1) is 45.2. The van der Waals surface area contributed by atoms with E-state index in [1.54, 1.807) is 23.6 Å². The lowest BCUT2D eigenvalue weighted by Gasteiger charge is -2.25. The van der Waals surface area contributed by atoms with Gasteiger partial charge in [-0.3, -0.25) is 9.05 Å². The van der Waals surface area contributed by atoms with Crippen LogP contribution >= 0.6 is 7.82 Å². The van der Waals surface area contributed by atoms with E-state index >= 15 is 0 Å². The monoisotopic (exact) mass is 796 g/mol. The van der Waals surface area contributed by atoms with Gasteiger partial charge in [0.25, 0.3) is 0 Å². The molecule has 1 saturated heterocycles. The summed E-state index contributed by atoms with van der Waals surface area (Å²) in [5.74, 6) is -1.19. The van der Waals surface area contributed by atoms with Crippen molar-refractivity contribution in [3.63, 3.8) is 0 Å². The molecule has 2 aromatic heterocycles. The van der Waals surface area contributed by atoms with Gasteiger partial charge in [0.15, 0.2) is 5.82 Å². The lowest BCUT2D eigenvalue weighted by Crippen LogP contribution is -2.29. The second kappa shape index (κ2) is 23.6. The van der Waals surface area contributed by atoms with Gasteiger partial charge in [-0.1, -0.05) is 103 Å². The van der Waals surface area contributed by atoms with Gasteiger partial charge in [0.2, 0.25) is 0 Å². The Kier molecular flexibility index (Phi) is 19.4. The van der Waals surface area contributed by atoms with E-state index in [-0.39, 0.29) is 31.0 Å². The largest absolute Gasteiger partial charge is 0.472 e. The average Bonchev–Trinajstić information content (AvgIpc) is 3.72. The van der Waals surface area contributed by atoms with Crippen LogP contribution in [-0.2, 0) is 40.0 Å². The van der Waals surface area contributed by atoms with Gasteiger partial charge >= 0.3 is 7.82 Å². The van der Waals surface area contributed by atoms with Gasteiger partial charge in [-0.05, 0) is 43.2 Å². The highest BCUT2D eigenvalue weighted by molar-refractivity contribution is 7.47. The lowest BCUT2D eigenvalue weighted by atomic mass is 9.97. The number of aliphatic hydroxyl groups is 1.